The summed E-state index contributed by atoms with van der Waals surface area (Å²) in [6.07, 6.45) is 0. The van der Waals surface area contributed by atoms with Crippen LogP contribution in [0.15, 0.2) is 18.2 Å². The van der Waals surface area contributed by atoms with Gasteiger partial charge in [-0.1, -0.05) is 11.6 Å². The average Bonchev–Trinajstić information content (AvgIpc) is 2.26. The maximum absolute atomic E-state index is 11.2. The van der Waals surface area contributed by atoms with E-state index in [1.165, 1.54) is 0 Å². The minimum atomic E-state index is -0.938. The Morgan fingerprint density at radius 3 is 2.53 bits per heavy atom. The molecular formula is C13H19NO3. The Kier molecular flexibility index (Phi) is 4.52. The van der Waals surface area contributed by atoms with Gasteiger partial charge >= 0.3 is 5.97 Å². The molecule has 0 bridgehead atoms. The van der Waals surface area contributed by atoms with Gasteiger partial charge in [0.1, 0.15) is 0 Å². The van der Waals surface area contributed by atoms with Gasteiger partial charge in [0.05, 0.1) is 17.9 Å². The zero-order valence-corrected chi connectivity index (χ0v) is 10.5. The zero-order chi connectivity index (χ0) is 13.0. The van der Waals surface area contributed by atoms with Gasteiger partial charge in [0.2, 0.25) is 0 Å². The number of anilines is 1. The van der Waals surface area contributed by atoms with Gasteiger partial charge in [0.25, 0.3) is 0 Å². The first-order valence-corrected chi connectivity index (χ1v) is 5.68. The molecule has 0 saturated carbocycles. The highest BCUT2D eigenvalue weighted by Crippen LogP contribution is 2.23. The lowest BCUT2D eigenvalue weighted by atomic mass is 10.1. The van der Waals surface area contributed by atoms with Gasteiger partial charge in [0, 0.05) is 12.6 Å². The summed E-state index contributed by atoms with van der Waals surface area (Å²) >= 11 is 0. The maximum atomic E-state index is 11.2. The number of nitrogens with zero attached hydrogens (tertiary/aromatic N) is 1. The topological polar surface area (TPSA) is 60.8 Å². The van der Waals surface area contributed by atoms with Crippen LogP contribution < -0.4 is 4.90 Å². The third kappa shape index (κ3) is 3.20. The van der Waals surface area contributed by atoms with Gasteiger partial charge in [0.15, 0.2) is 0 Å². The van der Waals surface area contributed by atoms with Crippen molar-refractivity contribution < 1.29 is 15.0 Å². The van der Waals surface area contributed by atoms with E-state index < -0.39 is 5.97 Å². The van der Waals surface area contributed by atoms with Crippen LogP contribution in [0.3, 0.4) is 0 Å². The normalized spacial score (nSPS) is 10.6. The first kappa shape index (κ1) is 13.5. The smallest absolute Gasteiger partial charge is 0.337 e. The fraction of sp³-hybridized carbons (Fsp3) is 0.462. The fourth-order valence-electron chi connectivity index (χ4n) is 1.84. The number of hydrogen-bond acceptors (Lipinski definition) is 3. The zero-order valence-electron chi connectivity index (χ0n) is 10.5. The van der Waals surface area contributed by atoms with Crippen LogP contribution in [0.25, 0.3) is 0 Å². The number of aromatic carboxylic acids is 1. The SMILES string of the molecule is Cc1ccc(N(CCO)C(C)C)c(C(=O)O)c1. The van der Waals surface area contributed by atoms with Crippen molar-refractivity contribution in [3.05, 3.63) is 29.3 Å². The third-order valence-electron chi connectivity index (χ3n) is 2.66. The standard InChI is InChI=1S/C13H19NO3/c1-9(2)14(6-7-15)12-5-4-10(3)8-11(12)13(16)17/h4-5,8-9,15H,6-7H2,1-3H3,(H,16,17). The quantitative estimate of drug-likeness (QED) is 0.821. The van der Waals surface area contributed by atoms with E-state index in [1.807, 2.05) is 31.7 Å². The summed E-state index contributed by atoms with van der Waals surface area (Å²) in [5, 5.41) is 18.2. The van der Waals surface area contributed by atoms with Crippen LogP contribution in [0.5, 0.6) is 0 Å². The molecule has 0 aliphatic heterocycles. The van der Waals surface area contributed by atoms with Gasteiger partial charge in [-0.3, -0.25) is 0 Å². The Hall–Kier alpha value is -1.55. The number of carbonyl (C=O) groups is 1. The molecule has 0 spiro atoms. The van der Waals surface area contributed by atoms with Crippen molar-refractivity contribution in [2.24, 2.45) is 0 Å². The summed E-state index contributed by atoms with van der Waals surface area (Å²) in [7, 11) is 0. The molecule has 0 aliphatic rings. The summed E-state index contributed by atoms with van der Waals surface area (Å²) in [5.74, 6) is -0.938. The molecular weight excluding hydrogens is 218 g/mol. The van der Waals surface area contributed by atoms with Crippen LogP contribution in [0.4, 0.5) is 5.69 Å². The van der Waals surface area contributed by atoms with Crippen molar-refractivity contribution >= 4 is 11.7 Å². The molecule has 2 N–H and O–H groups in total. The predicted molar refractivity (Wildman–Crippen MR) is 67.7 cm³/mol. The molecule has 0 radical (unpaired) electrons. The van der Waals surface area contributed by atoms with Gasteiger partial charge in [-0.15, -0.1) is 0 Å². The van der Waals surface area contributed by atoms with Crippen molar-refractivity contribution in [2.75, 3.05) is 18.1 Å². The molecule has 0 aromatic heterocycles. The Bertz CT molecular complexity index is 402. The van der Waals surface area contributed by atoms with Crippen LogP contribution in [0, 0.1) is 6.92 Å². The monoisotopic (exact) mass is 237 g/mol. The van der Waals surface area contributed by atoms with E-state index >= 15 is 0 Å². The molecule has 4 nitrogen and oxygen atoms in total. The van der Waals surface area contributed by atoms with E-state index in [4.69, 9.17) is 5.11 Å². The number of benzene rings is 1. The Labute approximate surface area is 101 Å². The lowest BCUT2D eigenvalue weighted by Crippen LogP contribution is -2.34. The van der Waals surface area contributed by atoms with E-state index in [1.54, 1.807) is 12.1 Å². The van der Waals surface area contributed by atoms with Crippen molar-refractivity contribution in [1.29, 1.82) is 0 Å². The molecule has 0 heterocycles. The number of carboxylic acid groups (broad SMARTS) is 1. The summed E-state index contributed by atoms with van der Waals surface area (Å²) in [5.41, 5.74) is 1.86. The lowest BCUT2D eigenvalue weighted by Gasteiger charge is -2.29. The van der Waals surface area contributed by atoms with E-state index in [9.17, 15) is 9.90 Å². The van der Waals surface area contributed by atoms with Crippen LogP contribution in [0.1, 0.15) is 29.8 Å². The first-order chi connectivity index (χ1) is 7.97. The second kappa shape index (κ2) is 5.68. The second-order valence-corrected chi connectivity index (χ2v) is 4.34. The molecule has 0 amide bonds. The summed E-state index contributed by atoms with van der Waals surface area (Å²) in [6, 6.07) is 5.48. The molecule has 0 atom stereocenters. The molecule has 1 aromatic rings. The average molecular weight is 237 g/mol. The number of aliphatic hydroxyl groups excluding tert-OH is 1. The number of rotatable bonds is 5. The minimum absolute atomic E-state index is 0.00507. The van der Waals surface area contributed by atoms with Crippen molar-refractivity contribution in [2.45, 2.75) is 26.8 Å². The lowest BCUT2D eigenvalue weighted by molar-refractivity contribution is 0.0697. The maximum Gasteiger partial charge on any atom is 0.337 e. The third-order valence-corrected chi connectivity index (χ3v) is 2.66. The molecule has 94 valence electrons. The van der Waals surface area contributed by atoms with E-state index in [2.05, 4.69) is 0 Å². The predicted octanol–water partition coefficient (Wildman–Crippen LogP) is 1.90. The van der Waals surface area contributed by atoms with Gasteiger partial charge < -0.3 is 15.1 Å². The molecule has 4 heteroatoms. The fourth-order valence-corrected chi connectivity index (χ4v) is 1.84. The van der Waals surface area contributed by atoms with Crippen molar-refractivity contribution in [1.82, 2.24) is 0 Å². The molecule has 17 heavy (non-hydrogen) atoms. The first-order valence-electron chi connectivity index (χ1n) is 5.68. The highest BCUT2D eigenvalue weighted by molar-refractivity contribution is 5.94. The van der Waals surface area contributed by atoms with Crippen molar-refractivity contribution in [3.8, 4) is 0 Å². The highest BCUT2D eigenvalue weighted by Gasteiger charge is 2.17. The molecule has 0 saturated heterocycles. The summed E-state index contributed by atoms with van der Waals surface area (Å²) < 4.78 is 0. The molecule has 1 aromatic carbocycles. The number of aryl methyl sites for hydroxylation is 1. The largest absolute Gasteiger partial charge is 0.478 e. The van der Waals surface area contributed by atoms with Crippen LogP contribution in [-0.2, 0) is 0 Å². The van der Waals surface area contributed by atoms with Crippen LogP contribution in [0.2, 0.25) is 0 Å². The highest BCUT2D eigenvalue weighted by atomic mass is 16.4. The van der Waals surface area contributed by atoms with Gasteiger partial charge in [-0.05, 0) is 32.9 Å². The van der Waals surface area contributed by atoms with E-state index in [0.717, 1.165) is 5.56 Å². The Morgan fingerprint density at radius 1 is 1.41 bits per heavy atom. The number of carboxylic acids is 1. The van der Waals surface area contributed by atoms with Gasteiger partial charge in [-0.25, -0.2) is 4.79 Å². The van der Waals surface area contributed by atoms with Crippen LogP contribution >= 0.6 is 0 Å². The minimum Gasteiger partial charge on any atom is -0.478 e. The molecule has 0 aliphatic carbocycles. The molecule has 0 fully saturated rings. The Balaban J connectivity index is 3.22. The second-order valence-electron chi connectivity index (χ2n) is 4.34. The number of aliphatic hydroxyl groups is 1. The molecule has 1 rings (SSSR count). The van der Waals surface area contributed by atoms with E-state index in [-0.39, 0.29) is 18.2 Å². The summed E-state index contributed by atoms with van der Waals surface area (Å²) in [4.78, 5) is 13.1. The van der Waals surface area contributed by atoms with Gasteiger partial charge in [-0.2, -0.15) is 0 Å². The molecule has 0 unspecified atom stereocenters. The summed E-state index contributed by atoms with van der Waals surface area (Å²) in [6.45, 7) is 6.25. The van der Waals surface area contributed by atoms with E-state index in [0.29, 0.717) is 12.2 Å². The number of hydrogen-bond donors (Lipinski definition) is 2. The van der Waals surface area contributed by atoms with Crippen LogP contribution in [-0.4, -0.2) is 35.4 Å². The van der Waals surface area contributed by atoms with Crippen molar-refractivity contribution in [3.63, 3.8) is 0 Å². The Morgan fingerprint density at radius 2 is 2.06 bits per heavy atom.